The van der Waals surface area contributed by atoms with Crippen molar-refractivity contribution in [2.24, 2.45) is 0 Å². The van der Waals surface area contributed by atoms with Gasteiger partial charge in [0.1, 0.15) is 0 Å². The molecule has 0 amide bonds. The average molecular weight is 265 g/mol. The zero-order valence-corrected chi connectivity index (χ0v) is 10.7. The molecule has 1 N–H and O–H groups in total. The summed E-state index contributed by atoms with van der Waals surface area (Å²) in [6, 6.07) is 16.7. The molecule has 0 aromatic heterocycles. The molecule has 0 fully saturated rings. The summed E-state index contributed by atoms with van der Waals surface area (Å²) in [5.74, 6) is 0. The molecule has 1 radical (unpaired) electrons. The van der Waals surface area contributed by atoms with Crippen LogP contribution in [0, 0.1) is 6.07 Å². The van der Waals surface area contributed by atoms with Gasteiger partial charge in [0, 0.05) is 18.3 Å². The lowest BCUT2D eigenvalue weighted by atomic mass is 10.1. The first-order valence-corrected chi connectivity index (χ1v) is 6.16. The van der Waals surface area contributed by atoms with Gasteiger partial charge in [-0.2, -0.15) is 0 Å². The molecule has 3 heteroatoms. The van der Waals surface area contributed by atoms with Crippen molar-refractivity contribution in [1.29, 1.82) is 0 Å². The number of hydrogen-bond acceptors (Lipinski definition) is 1. The zero-order valence-electron chi connectivity index (χ0n) is 9.21. The number of nitrogens with one attached hydrogen (secondary N) is 1. The van der Waals surface area contributed by atoms with E-state index in [0.29, 0.717) is 10.0 Å². The maximum absolute atomic E-state index is 5.95. The fourth-order valence-electron chi connectivity index (χ4n) is 1.54. The average Bonchev–Trinajstić information content (AvgIpc) is 2.35. The Morgan fingerprint density at radius 3 is 2.65 bits per heavy atom. The summed E-state index contributed by atoms with van der Waals surface area (Å²) in [6.45, 7) is 0.846. The molecule has 2 aromatic carbocycles. The molecule has 0 spiro atoms. The molecule has 0 aliphatic carbocycles. The van der Waals surface area contributed by atoms with E-state index >= 15 is 0 Å². The SMILES string of the molecule is Clc1ccc(CCNc2[c]cccc2)cc1Cl. The zero-order chi connectivity index (χ0) is 12.1. The number of benzene rings is 2. The Kier molecular flexibility index (Phi) is 4.29. The van der Waals surface area contributed by atoms with Gasteiger partial charge in [-0.3, -0.25) is 0 Å². The van der Waals surface area contributed by atoms with Gasteiger partial charge in [0.15, 0.2) is 0 Å². The standard InChI is InChI=1S/C14H12Cl2N/c15-13-7-6-11(10-14(13)16)8-9-17-12-4-2-1-3-5-12/h1-4,6-7,10,17H,8-9H2. The van der Waals surface area contributed by atoms with E-state index in [2.05, 4.69) is 11.4 Å². The van der Waals surface area contributed by atoms with E-state index in [1.165, 1.54) is 5.56 Å². The maximum Gasteiger partial charge on any atom is 0.0595 e. The summed E-state index contributed by atoms with van der Waals surface area (Å²) in [5, 5.41) is 4.50. The molecule has 0 saturated heterocycles. The topological polar surface area (TPSA) is 12.0 Å². The fraction of sp³-hybridized carbons (Fsp3) is 0.143. The Morgan fingerprint density at radius 1 is 1.06 bits per heavy atom. The number of rotatable bonds is 4. The molecule has 87 valence electrons. The van der Waals surface area contributed by atoms with E-state index in [-0.39, 0.29) is 0 Å². The predicted molar refractivity (Wildman–Crippen MR) is 73.9 cm³/mol. The van der Waals surface area contributed by atoms with Crippen LogP contribution in [0.25, 0.3) is 0 Å². The van der Waals surface area contributed by atoms with E-state index in [1.807, 2.05) is 42.5 Å². The van der Waals surface area contributed by atoms with Crippen LogP contribution in [0.4, 0.5) is 5.69 Å². The fourth-order valence-corrected chi connectivity index (χ4v) is 1.86. The normalized spacial score (nSPS) is 10.2. The Balaban J connectivity index is 1.88. The van der Waals surface area contributed by atoms with Gasteiger partial charge in [-0.1, -0.05) is 47.5 Å². The molecule has 0 aliphatic rings. The lowest BCUT2D eigenvalue weighted by Gasteiger charge is -2.06. The van der Waals surface area contributed by atoms with Gasteiger partial charge in [0.25, 0.3) is 0 Å². The maximum atomic E-state index is 5.95. The molecule has 17 heavy (non-hydrogen) atoms. The highest BCUT2D eigenvalue weighted by Gasteiger charge is 1.99. The molecule has 0 aliphatic heterocycles. The summed E-state index contributed by atoms with van der Waals surface area (Å²) < 4.78 is 0. The second kappa shape index (κ2) is 5.95. The van der Waals surface area contributed by atoms with E-state index < -0.39 is 0 Å². The van der Waals surface area contributed by atoms with E-state index in [4.69, 9.17) is 23.2 Å². The van der Waals surface area contributed by atoms with Gasteiger partial charge in [-0.25, -0.2) is 0 Å². The molecule has 0 bridgehead atoms. The molecule has 0 unspecified atom stereocenters. The summed E-state index contributed by atoms with van der Waals surface area (Å²) in [5.41, 5.74) is 2.18. The van der Waals surface area contributed by atoms with Gasteiger partial charge >= 0.3 is 0 Å². The van der Waals surface area contributed by atoms with E-state index in [9.17, 15) is 0 Å². The van der Waals surface area contributed by atoms with Crippen molar-refractivity contribution in [3.63, 3.8) is 0 Å². The first-order valence-electron chi connectivity index (χ1n) is 5.40. The van der Waals surface area contributed by atoms with Gasteiger partial charge in [-0.05, 0) is 30.2 Å². The van der Waals surface area contributed by atoms with Crippen molar-refractivity contribution in [1.82, 2.24) is 0 Å². The van der Waals surface area contributed by atoms with Crippen molar-refractivity contribution in [3.8, 4) is 0 Å². The van der Waals surface area contributed by atoms with Crippen LogP contribution in [-0.4, -0.2) is 6.54 Å². The molecular formula is C14H12Cl2N. The van der Waals surface area contributed by atoms with Crippen molar-refractivity contribution >= 4 is 28.9 Å². The van der Waals surface area contributed by atoms with Crippen molar-refractivity contribution in [3.05, 3.63) is 64.1 Å². The highest BCUT2D eigenvalue weighted by molar-refractivity contribution is 6.42. The van der Waals surface area contributed by atoms with Crippen LogP contribution in [0.15, 0.2) is 42.5 Å². The minimum absolute atomic E-state index is 0.597. The summed E-state index contributed by atoms with van der Waals surface area (Å²) >= 11 is 11.8. The van der Waals surface area contributed by atoms with E-state index in [0.717, 1.165) is 18.7 Å². The van der Waals surface area contributed by atoms with Gasteiger partial charge in [0.2, 0.25) is 0 Å². The van der Waals surface area contributed by atoms with Crippen LogP contribution in [0.5, 0.6) is 0 Å². The molecule has 2 rings (SSSR count). The summed E-state index contributed by atoms with van der Waals surface area (Å²) in [7, 11) is 0. The largest absolute Gasteiger partial charge is 0.384 e. The van der Waals surface area contributed by atoms with Crippen LogP contribution in [0.2, 0.25) is 10.0 Å². The van der Waals surface area contributed by atoms with Gasteiger partial charge < -0.3 is 5.32 Å². The van der Waals surface area contributed by atoms with E-state index in [1.54, 1.807) is 0 Å². The van der Waals surface area contributed by atoms with Crippen LogP contribution in [0.1, 0.15) is 5.56 Å². The van der Waals surface area contributed by atoms with Crippen molar-refractivity contribution in [2.75, 3.05) is 11.9 Å². The smallest absolute Gasteiger partial charge is 0.0595 e. The minimum atomic E-state index is 0.597. The van der Waals surface area contributed by atoms with Crippen molar-refractivity contribution in [2.45, 2.75) is 6.42 Å². The quantitative estimate of drug-likeness (QED) is 0.861. The van der Waals surface area contributed by atoms with Gasteiger partial charge in [0.05, 0.1) is 10.0 Å². The first kappa shape index (κ1) is 12.3. The molecule has 0 atom stereocenters. The molecular weight excluding hydrogens is 253 g/mol. The lowest BCUT2D eigenvalue weighted by molar-refractivity contribution is 1.02. The van der Waals surface area contributed by atoms with Gasteiger partial charge in [-0.15, -0.1) is 0 Å². The van der Waals surface area contributed by atoms with Crippen LogP contribution < -0.4 is 5.32 Å². The molecule has 0 heterocycles. The number of anilines is 1. The van der Waals surface area contributed by atoms with Crippen LogP contribution in [0.3, 0.4) is 0 Å². The highest BCUT2D eigenvalue weighted by Crippen LogP contribution is 2.22. The summed E-state index contributed by atoms with van der Waals surface area (Å²) in [4.78, 5) is 0. The Morgan fingerprint density at radius 2 is 1.94 bits per heavy atom. The third-order valence-electron chi connectivity index (χ3n) is 2.42. The Hall–Kier alpha value is -1.18. The van der Waals surface area contributed by atoms with Crippen LogP contribution in [-0.2, 0) is 6.42 Å². The minimum Gasteiger partial charge on any atom is -0.384 e. The number of halogens is 2. The third kappa shape index (κ3) is 3.65. The molecule has 0 saturated carbocycles. The first-order chi connectivity index (χ1) is 8.25. The Bertz CT molecular complexity index is 483. The predicted octanol–water partition coefficient (Wildman–Crippen LogP) is 4.45. The monoisotopic (exact) mass is 264 g/mol. The molecule has 2 aromatic rings. The number of para-hydroxylation sites is 1. The van der Waals surface area contributed by atoms with Crippen LogP contribution >= 0.6 is 23.2 Å². The third-order valence-corrected chi connectivity index (χ3v) is 3.16. The summed E-state index contributed by atoms with van der Waals surface area (Å²) in [6.07, 6.45) is 0.902. The van der Waals surface area contributed by atoms with Crippen molar-refractivity contribution < 1.29 is 0 Å². The number of hydrogen-bond donors (Lipinski definition) is 1. The highest BCUT2D eigenvalue weighted by atomic mass is 35.5. The Labute approximate surface area is 111 Å². The molecule has 1 nitrogen and oxygen atoms in total. The second-order valence-electron chi connectivity index (χ2n) is 3.70. The second-order valence-corrected chi connectivity index (χ2v) is 4.52. The lowest BCUT2D eigenvalue weighted by Crippen LogP contribution is -2.04.